The molecule has 1 saturated carbocycles. The fraction of sp³-hybridized carbons (Fsp3) is 0.652. The van der Waals surface area contributed by atoms with Gasteiger partial charge < -0.3 is 9.26 Å². The van der Waals surface area contributed by atoms with Crippen LogP contribution in [0.5, 0.6) is 0 Å². The molecule has 2 aliphatic rings. The van der Waals surface area contributed by atoms with Gasteiger partial charge in [-0.15, -0.1) is 0 Å². The lowest BCUT2D eigenvalue weighted by Crippen LogP contribution is -2.39. The highest BCUT2D eigenvalue weighted by atomic mass is 16.5. The summed E-state index contributed by atoms with van der Waals surface area (Å²) in [6.07, 6.45) is 9.52. The highest BCUT2D eigenvalue weighted by Crippen LogP contribution is 2.45. The number of benzene rings is 1. The Balaban J connectivity index is 1.53. The number of rotatable bonds is 7. The first-order valence-corrected chi connectivity index (χ1v) is 10.8. The summed E-state index contributed by atoms with van der Waals surface area (Å²) in [7, 11) is 1.78. The third-order valence-corrected chi connectivity index (χ3v) is 6.70. The predicted molar refractivity (Wildman–Crippen MR) is 109 cm³/mol. The molecule has 1 saturated heterocycles. The maximum atomic E-state index is 5.77. The number of likely N-dealkylation sites (tertiary alicyclic amines) is 1. The van der Waals surface area contributed by atoms with Gasteiger partial charge in [0.2, 0.25) is 5.89 Å². The lowest BCUT2D eigenvalue weighted by molar-refractivity contribution is 0.0882. The van der Waals surface area contributed by atoms with Crippen molar-refractivity contribution in [2.75, 3.05) is 20.3 Å². The number of aryl methyl sites for hydroxylation is 1. The highest BCUT2D eigenvalue weighted by Gasteiger charge is 2.41. The van der Waals surface area contributed by atoms with Gasteiger partial charge in [-0.25, -0.2) is 0 Å². The van der Waals surface area contributed by atoms with Crippen LogP contribution in [0.3, 0.4) is 0 Å². The molecule has 0 amide bonds. The van der Waals surface area contributed by atoms with Gasteiger partial charge in [-0.3, -0.25) is 4.90 Å². The van der Waals surface area contributed by atoms with Crippen molar-refractivity contribution in [1.82, 2.24) is 15.0 Å². The number of methoxy groups -OCH3 is 1. The molecule has 0 radical (unpaired) electrons. The van der Waals surface area contributed by atoms with Crippen LogP contribution in [0.2, 0.25) is 0 Å². The Morgan fingerprint density at radius 2 is 1.93 bits per heavy atom. The van der Waals surface area contributed by atoms with Crippen molar-refractivity contribution in [2.24, 2.45) is 0 Å². The fourth-order valence-corrected chi connectivity index (χ4v) is 5.03. The third kappa shape index (κ3) is 4.01. The molecule has 2 heterocycles. The van der Waals surface area contributed by atoms with Gasteiger partial charge >= 0.3 is 0 Å². The first kappa shape index (κ1) is 19.6. The summed E-state index contributed by atoms with van der Waals surface area (Å²) in [6, 6.07) is 9.46. The molecule has 1 aromatic carbocycles. The Labute approximate surface area is 168 Å². The summed E-state index contributed by atoms with van der Waals surface area (Å²) in [4.78, 5) is 7.43. The van der Waals surface area contributed by atoms with Crippen molar-refractivity contribution in [2.45, 2.75) is 76.3 Å². The fourth-order valence-electron chi connectivity index (χ4n) is 5.03. The molecule has 1 aliphatic carbocycles. The van der Waals surface area contributed by atoms with E-state index >= 15 is 0 Å². The Morgan fingerprint density at radius 3 is 2.68 bits per heavy atom. The van der Waals surface area contributed by atoms with Crippen molar-refractivity contribution in [1.29, 1.82) is 0 Å². The van der Waals surface area contributed by atoms with Gasteiger partial charge in [0.05, 0.1) is 12.0 Å². The van der Waals surface area contributed by atoms with E-state index in [4.69, 9.17) is 14.2 Å². The number of aromatic nitrogens is 2. The van der Waals surface area contributed by atoms with Crippen LogP contribution in [-0.4, -0.2) is 41.3 Å². The molecule has 5 heteroatoms. The Hall–Kier alpha value is -1.72. The molecule has 1 atom stereocenters. The summed E-state index contributed by atoms with van der Waals surface area (Å²) in [5.74, 6) is 1.65. The van der Waals surface area contributed by atoms with Gasteiger partial charge in [0.15, 0.2) is 5.82 Å². The van der Waals surface area contributed by atoms with Crippen LogP contribution in [-0.2, 0) is 16.7 Å². The predicted octanol–water partition coefficient (Wildman–Crippen LogP) is 4.63. The maximum Gasteiger partial charge on any atom is 0.240 e. The first-order chi connectivity index (χ1) is 13.7. The monoisotopic (exact) mass is 383 g/mol. The molecule has 2 aromatic rings. The second-order valence-electron chi connectivity index (χ2n) is 8.57. The summed E-state index contributed by atoms with van der Waals surface area (Å²) in [5, 5.41) is 4.48. The van der Waals surface area contributed by atoms with Crippen LogP contribution in [0.25, 0.3) is 0 Å². The van der Waals surface area contributed by atoms with Crippen molar-refractivity contribution in [3.63, 3.8) is 0 Å². The van der Waals surface area contributed by atoms with Crippen LogP contribution in [0.15, 0.2) is 28.8 Å². The van der Waals surface area contributed by atoms with Crippen LogP contribution >= 0.6 is 0 Å². The van der Waals surface area contributed by atoms with Gasteiger partial charge in [0.1, 0.15) is 0 Å². The molecular formula is C23H33N3O2. The van der Waals surface area contributed by atoms with Gasteiger partial charge in [0, 0.05) is 19.8 Å². The van der Waals surface area contributed by atoms with Gasteiger partial charge in [-0.05, 0) is 51.1 Å². The second-order valence-corrected chi connectivity index (χ2v) is 8.57. The summed E-state index contributed by atoms with van der Waals surface area (Å²) < 4.78 is 11.1. The average Bonchev–Trinajstić information content (AvgIpc) is 3.38. The Morgan fingerprint density at radius 1 is 1.14 bits per heavy atom. The van der Waals surface area contributed by atoms with E-state index < -0.39 is 0 Å². The lowest BCUT2D eigenvalue weighted by atomic mass is 9.78. The highest BCUT2D eigenvalue weighted by molar-refractivity contribution is 5.35. The van der Waals surface area contributed by atoms with Crippen LogP contribution < -0.4 is 0 Å². The lowest BCUT2D eigenvalue weighted by Gasteiger charge is -2.34. The van der Waals surface area contributed by atoms with Gasteiger partial charge in [-0.1, -0.05) is 54.2 Å². The van der Waals surface area contributed by atoms with Crippen LogP contribution in [0.4, 0.5) is 0 Å². The Bertz CT molecular complexity index is 749. The van der Waals surface area contributed by atoms with E-state index in [-0.39, 0.29) is 5.41 Å². The maximum absolute atomic E-state index is 5.77. The summed E-state index contributed by atoms with van der Waals surface area (Å²) >= 11 is 0. The van der Waals surface area contributed by atoms with E-state index in [2.05, 4.69) is 41.2 Å². The van der Waals surface area contributed by atoms with Crippen molar-refractivity contribution >= 4 is 0 Å². The van der Waals surface area contributed by atoms with Gasteiger partial charge in [0.25, 0.3) is 0 Å². The van der Waals surface area contributed by atoms with E-state index in [0.29, 0.717) is 6.04 Å². The standard InChI is InChI=1S/C23H33N3O2/c1-18-8-10-19(11-9-18)23(13-4-5-14-23)22-24-21(28-25-22)17-26-15-6-3-7-20(26)12-16-27-2/h8-11,20H,3-7,12-17H2,1-2H3/t20-/m0/s1. The first-order valence-electron chi connectivity index (χ1n) is 10.8. The Kier molecular flexibility index (Phi) is 6.12. The smallest absolute Gasteiger partial charge is 0.240 e. The molecule has 28 heavy (non-hydrogen) atoms. The minimum absolute atomic E-state index is 0.0766. The SMILES string of the molecule is COCC[C@@H]1CCCCN1Cc1nc(C2(c3ccc(C)cc3)CCCC2)no1. The van der Waals surface area contributed by atoms with Crippen LogP contribution in [0, 0.1) is 6.92 Å². The molecule has 0 bridgehead atoms. The van der Waals surface area contributed by atoms with E-state index in [1.54, 1.807) is 7.11 Å². The molecule has 5 nitrogen and oxygen atoms in total. The van der Waals surface area contributed by atoms with Crippen molar-refractivity contribution in [3.05, 3.63) is 47.1 Å². The molecule has 1 aromatic heterocycles. The average molecular weight is 384 g/mol. The molecule has 4 rings (SSSR count). The number of piperidine rings is 1. The molecule has 0 spiro atoms. The zero-order chi connectivity index (χ0) is 19.4. The zero-order valence-electron chi connectivity index (χ0n) is 17.3. The normalized spacial score (nSPS) is 22.6. The van der Waals surface area contributed by atoms with Crippen molar-refractivity contribution in [3.8, 4) is 0 Å². The van der Waals surface area contributed by atoms with E-state index in [1.807, 2.05) is 0 Å². The second kappa shape index (κ2) is 8.75. The molecule has 0 unspecified atom stereocenters. The number of hydrogen-bond donors (Lipinski definition) is 0. The van der Waals surface area contributed by atoms with E-state index in [0.717, 1.165) is 50.7 Å². The summed E-state index contributed by atoms with van der Waals surface area (Å²) in [5.41, 5.74) is 2.55. The third-order valence-electron chi connectivity index (χ3n) is 6.70. The number of hydrogen-bond acceptors (Lipinski definition) is 5. The number of nitrogens with zero attached hydrogens (tertiary/aromatic N) is 3. The minimum Gasteiger partial charge on any atom is -0.385 e. The molecule has 2 fully saturated rings. The summed E-state index contributed by atoms with van der Waals surface area (Å²) in [6.45, 7) is 4.81. The topological polar surface area (TPSA) is 51.4 Å². The van der Waals surface area contributed by atoms with E-state index in [9.17, 15) is 0 Å². The minimum atomic E-state index is -0.0766. The largest absolute Gasteiger partial charge is 0.385 e. The zero-order valence-corrected chi connectivity index (χ0v) is 17.3. The molecule has 152 valence electrons. The number of ether oxygens (including phenoxy) is 1. The van der Waals surface area contributed by atoms with Gasteiger partial charge in [-0.2, -0.15) is 4.98 Å². The van der Waals surface area contributed by atoms with Crippen LogP contribution in [0.1, 0.15) is 74.2 Å². The molecule has 0 N–H and O–H groups in total. The molecule has 1 aliphatic heterocycles. The van der Waals surface area contributed by atoms with E-state index in [1.165, 1.54) is 43.2 Å². The quantitative estimate of drug-likeness (QED) is 0.698. The molecular weight excluding hydrogens is 350 g/mol. The van der Waals surface area contributed by atoms with Crippen molar-refractivity contribution < 1.29 is 9.26 Å².